The number of halogens is 1. The van der Waals surface area contributed by atoms with Gasteiger partial charge >= 0.3 is 0 Å². The quantitative estimate of drug-likeness (QED) is 0.453. The van der Waals surface area contributed by atoms with Gasteiger partial charge in [-0.05, 0) is 60.8 Å². The van der Waals surface area contributed by atoms with Crippen molar-refractivity contribution in [1.82, 2.24) is 15.5 Å². The molecule has 2 heterocycles. The lowest BCUT2D eigenvalue weighted by Crippen LogP contribution is -2.12. The van der Waals surface area contributed by atoms with Gasteiger partial charge in [0.1, 0.15) is 12.4 Å². The normalized spacial score (nSPS) is 15.8. The Labute approximate surface area is 181 Å². The van der Waals surface area contributed by atoms with Crippen molar-refractivity contribution in [3.05, 3.63) is 77.7 Å². The predicted molar refractivity (Wildman–Crippen MR) is 120 cm³/mol. The zero-order valence-corrected chi connectivity index (χ0v) is 17.6. The molecule has 30 heavy (non-hydrogen) atoms. The molecule has 154 valence electrons. The van der Waals surface area contributed by atoms with Crippen LogP contribution in [0.5, 0.6) is 5.75 Å². The molecular weight excluding hydrogens is 398 g/mol. The minimum atomic E-state index is 0. The van der Waals surface area contributed by atoms with Crippen molar-refractivity contribution >= 4 is 23.2 Å². The number of hydrogen-bond donors (Lipinski definition) is 1. The van der Waals surface area contributed by atoms with Crippen molar-refractivity contribution in [3.63, 3.8) is 0 Å². The molecule has 1 N–H and O–H groups in total. The molecule has 1 atom stereocenters. The van der Waals surface area contributed by atoms with Crippen LogP contribution in [0, 0.1) is 6.92 Å². The summed E-state index contributed by atoms with van der Waals surface area (Å²) >= 11 is 0. The number of aromatic nitrogens is 2. The molecule has 3 aromatic carbocycles. The highest BCUT2D eigenvalue weighted by atomic mass is 35.5. The van der Waals surface area contributed by atoms with Crippen LogP contribution in [0.4, 0.5) is 0 Å². The van der Waals surface area contributed by atoms with Gasteiger partial charge in [-0.3, -0.25) is 0 Å². The third kappa shape index (κ3) is 4.32. The van der Waals surface area contributed by atoms with Gasteiger partial charge in [-0.1, -0.05) is 53.2 Å². The molecule has 1 aromatic heterocycles. The summed E-state index contributed by atoms with van der Waals surface area (Å²) < 4.78 is 11.4. The summed E-state index contributed by atoms with van der Waals surface area (Å²) in [6, 6.07) is 20.9. The molecule has 0 radical (unpaired) electrons. The molecule has 5 rings (SSSR count). The number of aryl methyl sites for hydroxylation is 1. The van der Waals surface area contributed by atoms with Gasteiger partial charge in [0, 0.05) is 5.56 Å². The number of fused-ring (bicyclic) bond motifs is 1. The second kappa shape index (κ2) is 8.86. The van der Waals surface area contributed by atoms with Crippen LogP contribution in [0.15, 0.2) is 65.2 Å². The first-order valence-electron chi connectivity index (χ1n) is 10.0. The summed E-state index contributed by atoms with van der Waals surface area (Å²) in [5.74, 6) is 2.17. The molecule has 6 heteroatoms. The van der Waals surface area contributed by atoms with Crippen molar-refractivity contribution in [2.24, 2.45) is 0 Å². The third-order valence-corrected chi connectivity index (χ3v) is 5.40. The number of nitrogens with one attached hydrogen (secondary N) is 1. The van der Waals surface area contributed by atoms with Crippen LogP contribution in [0.1, 0.15) is 35.9 Å². The fraction of sp³-hybridized carbons (Fsp3) is 0.250. The fourth-order valence-corrected chi connectivity index (χ4v) is 3.69. The highest BCUT2D eigenvalue weighted by Gasteiger charge is 2.22. The Bertz CT molecular complexity index is 1130. The second-order valence-electron chi connectivity index (χ2n) is 7.60. The van der Waals surface area contributed by atoms with E-state index in [-0.39, 0.29) is 18.4 Å². The average molecular weight is 422 g/mol. The zero-order chi connectivity index (χ0) is 19.6. The minimum absolute atomic E-state index is 0. The predicted octanol–water partition coefficient (Wildman–Crippen LogP) is 5.62. The van der Waals surface area contributed by atoms with Gasteiger partial charge in [-0.15, -0.1) is 12.4 Å². The van der Waals surface area contributed by atoms with Crippen LogP contribution >= 0.6 is 12.4 Å². The van der Waals surface area contributed by atoms with Gasteiger partial charge in [-0.2, -0.15) is 4.98 Å². The highest BCUT2D eigenvalue weighted by molar-refractivity contribution is 5.87. The van der Waals surface area contributed by atoms with Gasteiger partial charge in [0.05, 0.1) is 6.04 Å². The Morgan fingerprint density at radius 1 is 1.03 bits per heavy atom. The number of rotatable bonds is 5. The molecule has 1 aliphatic rings. The molecule has 4 aromatic rings. The summed E-state index contributed by atoms with van der Waals surface area (Å²) in [6.07, 6.45) is 2.19. The van der Waals surface area contributed by atoms with E-state index in [2.05, 4.69) is 70.9 Å². The molecule has 0 spiro atoms. The Morgan fingerprint density at radius 3 is 2.63 bits per heavy atom. The van der Waals surface area contributed by atoms with Crippen LogP contribution in [-0.2, 0) is 6.61 Å². The number of nitrogens with zero attached hydrogens (tertiary/aromatic N) is 2. The molecule has 0 bridgehead atoms. The van der Waals surface area contributed by atoms with E-state index in [9.17, 15) is 0 Å². The van der Waals surface area contributed by atoms with E-state index in [1.165, 1.54) is 5.56 Å². The van der Waals surface area contributed by atoms with Crippen LogP contribution < -0.4 is 10.1 Å². The van der Waals surface area contributed by atoms with Gasteiger partial charge in [0.25, 0.3) is 0 Å². The van der Waals surface area contributed by atoms with E-state index in [1.54, 1.807) is 0 Å². The van der Waals surface area contributed by atoms with Gasteiger partial charge < -0.3 is 14.6 Å². The van der Waals surface area contributed by atoms with Crippen LogP contribution in [0.25, 0.3) is 22.2 Å². The van der Waals surface area contributed by atoms with Crippen LogP contribution in [0.2, 0.25) is 0 Å². The first-order valence-corrected chi connectivity index (χ1v) is 10.0. The number of ether oxygens (including phenoxy) is 1. The first-order chi connectivity index (χ1) is 14.2. The first kappa shape index (κ1) is 20.4. The molecule has 1 fully saturated rings. The topological polar surface area (TPSA) is 60.2 Å². The van der Waals surface area contributed by atoms with E-state index in [4.69, 9.17) is 9.26 Å². The second-order valence-corrected chi connectivity index (χ2v) is 7.60. The van der Waals surface area contributed by atoms with Crippen molar-refractivity contribution in [1.29, 1.82) is 0 Å². The summed E-state index contributed by atoms with van der Waals surface area (Å²) in [5.41, 5.74) is 3.37. The maximum atomic E-state index is 5.97. The van der Waals surface area contributed by atoms with Gasteiger partial charge in [0.2, 0.25) is 11.7 Å². The summed E-state index contributed by atoms with van der Waals surface area (Å²) in [7, 11) is 0. The monoisotopic (exact) mass is 421 g/mol. The smallest absolute Gasteiger partial charge is 0.244 e. The Balaban J connectivity index is 0.00000218. The fourth-order valence-electron chi connectivity index (χ4n) is 3.69. The highest BCUT2D eigenvalue weighted by Crippen LogP contribution is 2.28. The van der Waals surface area contributed by atoms with E-state index < -0.39 is 0 Å². The lowest BCUT2D eigenvalue weighted by atomic mass is 10.1. The summed E-state index contributed by atoms with van der Waals surface area (Å²) in [6.45, 7) is 3.65. The standard InChI is InChI=1S/C24H23N3O2.ClH/c1-16-4-6-17(7-5-16)15-28-21-11-10-18-13-20(9-8-19(18)14-21)23-26-24(29-27-23)22-3-2-12-25-22;/h4-11,13-14,22,25H,2-3,12,15H2,1H3;1H. The maximum absolute atomic E-state index is 5.97. The summed E-state index contributed by atoms with van der Waals surface area (Å²) in [5, 5.41) is 9.81. The van der Waals surface area contributed by atoms with Crippen molar-refractivity contribution in [2.75, 3.05) is 6.54 Å². The minimum Gasteiger partial charge on any atom is -0.489 e. The van der Waals surface area contributed by atoms with E-state index >= 15 is 0 Å². The van der Waals surface area contributed by atoms with Gasteiger partial charge in [0.15, 0.2) is 0 Å². The van der Waals surface area contributed by atoms with E-state index in [0.717, 1.165) is 47.0 Å². The van der Waals surface area contributed by atoms with Crippen LogP contribution in [0.3, 0.4) is 0 Å². The van der Waals surface area contributed by atoms with Crippen LogP contribution in [-0.4, -0.2) is 16.7 Å². The SMILES string of the molecule is Cc1ccc(COc2ccc3cc(-c4noc(C5CCCN5)n4)ccc3c2)cc1.Cl. The molecule has 0 amide bonds. The Morgan fingerprint density at radius 2 is 1.83 bits per heavy atom. The van der Waals surface area contributed by atoms with Crippen molar-refractivity contribution < 1.29 is 9.26 Å². The Hall–Kier alpha value is -2.89. The molecule has 1 saturated heterocycles. The molecule has 0 aliphatic carbocycles. The maximum Gasteiger partial charge on any atom is 0.244 e. The Kier molecular flexibility index (Phi) is 6.02. The zero-order valence-electron chi connectivity index (χ0n) is 16.8. The van der Waals surface area contributed by atoms with Crippen molar-refractivity contribution in [3.8, 4) is 17.1 Å². The molecule has 1 aliphatic heterocycles. The van der Waals surface area contributed by atoms with E-state index in [0.29, 0.717) is 18.3 Å². The largest absolute Gasteiger partial charge is 0.489 e. The van der Waals surface area contributed by atoms with Gasteiger partial charge in [-0.25, -0.2) is 0 Å². The molecule has 5 nitrogen and oxygen atoms in total. The molecule has 0 saturated carbocycles. The average Bonchev–Trinajstić information content (AvgIpc) is 3.45. The summed E-state index contributed by atoms with van der Waals surface area (Å²) in [4.78, 5) is 4.59. The third-order valence-electron chi connectivity index (χ3n) is 5.40. The van der Waals surface area contributed by atoms with Crippen molar-refractivity contribution in [2.45, 2.75) is 32.4 Å². The molecular formula is C24H24ClN3O2. The number of hydrogen-bond acceptors (Lipinski definition) is 5. The lowest BCUT2D eigenvalue weighted by Gasteiger charge is -2.08. The van der Waals surface area contributed by atoms with E-state index in [1.807, 2.05) is 12.1 Å². The molecule has 1 unspecified atom stereocenters. The number of benzene rings is 3. The lowest BCUT2D eigenvalue weighted by molar-refractivity contribution is 0.306.